The second kappa shape index (κ2) is 12.4. The molecule has 0 saturated carbocycles. The summed E-state index contributed by atoms with van der Waals surface area (Å²) in [7, 11) is 1.84. The number of rotatable bonds is 7. The highest BCUT2D eigenvalue weighted by Gasteiger charge is 2.20. The first-order valence-corrected chi connectivity index (χ1v) is 11.0. The number of nitrogens with one attached hydrogen (secondary N) is 2. The molecule has 0 atom stereocenters. The first-order chi connectivity index (χ1) is 13.7. The number of likely N-dealkylation sites (tertiary alicyclic amines) is 1. The molecule has 0 unspecified atom stereocenters. The van der Waals surface area contributed by atoms with Crippen LogP contribution in [0.5, 0.6) is 5.75 Å². The van der Waals surface area contributed by atoms with Gasteiger partial charge < -0.3 is 15.4 Å². The quantitative estimate of drug-likeness (QED) is 0.318. The minimum Gasteiger partial charge on any atom is -0.494 e. The highest BCUT2D eigenvalue weighted by molar-refractivity contribution is 14.0. The molecule has 0 bridgehead atoms. The molecule has 0 radical (unpaired) electrons. The van der Waals surface area contributed by atoms with E-state index in [0.29, 0.717) is 12.6 Å². The first kappa shape index (κ1) is 24.0. The van der Waals surface area contributed by atoms with E-state index in [2.05, 4.69) is 62.5 Å². The Morgan fingerprint density at radius 1 is 1.24 bits per heavy atom. The lowest BCUT2D eigenvalue weighted by Gasteiger charge is -2.33. The van der Waals surface area contributed by atoms with Gasteiger partial charge in [0, 0.05) is 39.3 Å². The average molecular weight is 529 g/mol. The van der Waals surface area contributed by atoms with Gasteiger partial charge in [-0.1, -0.05) is 12.1 Å². The maximum absolute atomic E-state index is 5.62. The van der Waals surface area contributed by atoms with E-state index < -0.39 is 0 Å². The predicted molar refractivity (Wildman–Crippen MR) is 134 cm³/mol. The van der Waals surface area contributed by atoms with Crippen molar-refractivity contribution < 1.29 is 4.74 Å². The molecule has 1 aliphatic rings. The van der Waals surface area contributed by atoms with E-state index in [-0.39, 0.29) is 24.0 Å². The maximum Gasteiger partial charge on any atom is 0.191 e. The van der Waals surface area contributed by atoms with Crippen molar-refractivity contribution in [1.29, 1.82) is 0 Å². The summed E-state index contributed by atoms with van der Waals surface area (Å²) >= 11 is 1.78. The third-order valence-corrected chi connectivity index (χ3v) is 5.87. The molecule has 0 spiro atoms. The van der Waals surface area contributed by atoms with Crippen molar-refractivity contribution >= 4 is 41.3 Å². The number of hydrogen-bond acceptors (Lipinski definition) is 4. The molecule has 160 valence electrons. The van der Waals surface area contributed by atoms with Crippen LogP contribution >= 0.6 is 35.3 Å². The Labute approximate surface area is 196 Å². The Hall–Kier alpha value is -1.32. The second-order valence-electron chi connectivity index (χ2n) is 7.28. The van der Waals surface area contributed by atoms with Crippen LogP contribution in [-0.4, -0.2) is 43.6 Å². The number of ether oxygens (including phenoxy) is 1. The summed E-state index contributed by atoms with van der Waals surface area (Å²) in [5.41, 5.74) is 3.83. The van der Waals surface area contributed by atoms with Gasteiger partial charge in [-0.15, -0.1) is 24.0 Å². The maximum atomic E-state index is 5.62. The molecule has 2 N–H and O–H groups in total. The van der Waals surface area contributed by atoms with E-state index in [4.69, 9.17) is 4.74 Å². The Morgan fingerprint density at radius 3 is 2.66 bits per heavy atom. The van der Waals surface area contributed by atoms with Crippen LogP contribution in [0.3, 0.4) is 0 Å². The van der Waals surface area contributed by atoms with E-state index in [1.54, 1.807) is 11.3 Å². The minimum atomic E-state index is 0. The third kappa shape index (κ3) is 7.46. The number of nitrogens with zero attached hydrogens (tertiary/aromatic N) is 2. The minimum absolute atomic E-state index is 0. The molecule has 7 heteroatoms. The Bertz CT molecular complexity index is 758. The van der Waals surface area contributed by atoms with Crippen molar-refractivity contribution in [3.8, 4) is 5.75 Å². The van der Waals surface area contributed by atoms with Crippen molar-refractivity contribution in [2.24, 2.45) is 4.99 Å². The zero-order valence-electron chi connectivity index (χ0n) is 17.6. The molecule has 3 rings (SSSR count). The van der Waals surface area contributed by atoms with E-state index in [0.717, 1.165) is 50.7 Å². The van der Waals surface area contributed by atoms with Crippen molar-refractivity contribution in [2.45, 2.75) is 45.8 Å². The highest BCUT2D eigenvalue weighted by atomic mass is 127. The Morgan fingerprint density at radius 2 is 2.03 bits per heavy atom. The summed E-state index contributed by atoms with van der Waals surface area (Å²) in [6, 6.07) is 9.04. The van der Waals surface area contributed by atoms with Gasteiger partial charge in [-0.2, -0.15) is 11.3 Å². The first-order valence-electron chi connectivity index (χ1n) is 10.1. The van der Waals surface area contributed by atoms with Gasteiger partial charge in [0.2, 0.25) is 0 Å². The fourth-order valence-corrected chi connectivity index (χ4v) is 4.25. The van der Waals surface area contributed by atoms with Gasteiger partial charge in [-0.05, 0) is 66.3 Å². The van der Waals surface area contributed by atoms with Crippen LogP contribution in [0.4, 0.5) is 0 Å². The molecule has 1 aliphatic heterocycles. The SMILES string of the molecule is CCOc1ccc(CNC(=NC)NC2CCN(Cc3ccsc3)CC2)cc1C.I. The molecule has 1 saturated heterocycles. The van der Waals surface area contributed by atoms with Crippen molar-refractivity contribution in [2.75, 3.05) is 26.7 Å². The topological polar surface area (TPSA) is 48.9 Å². The number of thiophene rings is 1. The predicted octanol–water partition coefficient (Wildman–Crippen LogP) is 4.40. The number of guanidine groups is 1. The third-order valence-electron chi connectivity index (χ3n) is 5.14. The largest absolute Gasteiger partial charge is 0.494 e. The molecule has 0 aliphatic carbocycles. The molecular weight excluding hydrogens is 495 g/mol. The normalized spacial score (nSPS) is 15.6. The van der Waals surface area contributed by atoms with E-state index in [9.17, 15) is 0 Å². The Balaban J connectivity index is 0.00000300. The smallest absolute Gasteiger partial charge is 0.191 e. The van der Waals surface area contributed by atoms with Crippen molar-refractivity contribution in [3.05, 3.63) is 51.7 Å². The van der Waals surface area contributed by atoms with Gasteiger partial charge in [0.15, 0.2) is 5.96 Å². The van der Waals surface area contributed by atoms with Gasteiger partial charge >= 0.3 is 0 Å². The van der Waals surface area contributed by atoms with Crippen LogP contribution in [0.1, 0.15) is 36.5 Å². The number of hydrogen-bond donors (Lipinski definition) is 2. The second-order valence-corrected chi connectivity index (χ2v) is 8.07. The molecular formula is C22H33IN4OS. The van der Waals surface area contributed by atoms with Crippen LogP contribution in [0.15, 0.2) is 40.0 Å². The molecule has 1 fully saturated rings. The monoisotopic (exact) mass is 528 g/mol. The zero-order chi connectivity index (χ0) is 19.8. The van der Waals surface area contributed by atoms with E-state index in [1.165, 1.54) is 16.7 Å². The van der Waals surface area contributed by atoms with Crippen LogP contribution < -0.4 is 15.4 Å². The number of halogens is 1. The van der Waals surface area contributed by atoms with Gasteiger partial charge in [0.05, 0.1) is 6.61 Å². The standard InChI is InChI=1S/C22H32N4OS.HI/c1-4-27-21-6-5-18(13-17(21)2)14-24-22(23-3)25-20-7-10-26(11-8-20)15-19-9-12-28-16-19;/h5-6,9,12-13,16,20H,4,7-8,10-11,14-15H2,1-3H3,(H2,23,24,25);1H. The lowest BCUT2D eigenvalue weighted by Crippen LogP contribution is -2.48. The van der Waals surface area contributed by atoms with Gasteiger partial charge in [-0.25, -0.2) is 0 Å². The van der Waals surface area contributed by atoms with Crippen LogP contribution in [-0.2, 0) is 13.1 Å². The summed E-state index contributed by atoms with van der Waals surface area (Å²) in [5.74, 6) is 1.84. The van der Waals surface area contributed by atoms with Crippen LogP contribution in [0.2, 0.25) is 0 Å². The molecule has 1 aromatic carbocycles. The molecule has 5 nitrogen and oxygen atoms in total. The zero-order valence-corrected chi connectivity index (χ0v) is 20.8. The summed E-state index contributed by atoms with van der Waals surface area (Å²) in [5, 5.41) is 11.4. The summed E-state index contributed by atoms with van der Waals surface area (Å²) < 4.78 is 5.62. The van der Waals surface area contributed by atoms with Gasteiger partial charge in [0.25, 0.3) is 0 Å². The fourth-order valence-electron chi connectivity index (χ4n) is 3.59. The fraction of sp³-hybridized carbons (Fsp3) is 0.500. The van der Waals surface area contributed by atoms with Crippen LogP contribution in [0, 0.1) is 6.92 Å². The summed E-state index contributed by atoms with van der Waals surface area (Å²) in [6.45, 7) is 8.87. The number of aryl methyl sites for hydroxylation is 1. The summed E-state index contributed by atoms with van der Waals surface area (Å²) in [6.07, 6.45) is 2.29. The van der Waals surface area contributed by atoms with Gasteiger partial charge in [0.1, 0.15) is 5.75 Å². The highest BCUT2D eigenvalue weighted by Crippen LogP contribution is 2.19. The number of benzene rings is 1. The lowest BCUT2D eigenvalue weighted by atomic mass is 10.0. The molecule has 2 aromatic rings. The molecule has 1 aromatic heterocycles. The lowest BCUT2D eigenvalue weighted by molar-refractivity contribution is 0.198. The van der Waals surface area contributed by atoms with Crippen LogP contribution in [0.25, 0.3) is 0 Å². The average Bonchev–Trinajstić information content (AvgIpc) is 3.21. The number of piperidine rings is 1. The van der Waals surface area contributed by atoms with Crippen molar-refractivity contribution in [1.82, 2.24) is 15.5 Å². The molecule has 0 amide bonds. The molecule has 2 heterocycles. The number of aliphatic imine (C=N–C) groups is 1. The van der Waals surface area contributed by atoms with E-state index in [1.807, 2.05) is 14.0 Å². The van der Waals surface area contributed by atoms with Gasteiger partial charge in [-0.3, -0.25) is 9.89 Å². The van der Waals surface area contributed by atoms with E-state index >= 15 is 0 Å². The summed E-state index contributed by atoms with van der Waals surface area (Å²) in [4.78, 5) is 6.94. The molecule has 29 heavy (non-hydrogen) atoms. The van der Waals surface area contributed by atoms with Crippen molar-refractivity contribution in [3.63, 3.8) is 0 Å². The Kier molecular flexibility index (Phi) is 10.2.